The van der Waals surface area contributed by atoms with E-state index in [1.807, 2.05) is 61.5 Å². The zero-order valence-corrected chi connectivity index (χ0v) is 12.0. The predicted molar refractivity (Wildman–Crippen MR) is 81.1 cm³/mol. The third-order valence-corrected chi connectivity index (χ3v) is 3.13. The van der Waals surface area contributed by atoms with Crippen molar-refractivity contribution >= 4 is 5.91 Å². The molecular weight excluding hydrogens is 266 g/mol. The largest absolute Gasteiger partial charge is 0.484 e. The molecule has 1 atom stereocenters. The molecule has 0 saturated carbocycles. The molecule has 0 heterocycles. The summed E-state index contributed by atoms with van der Waals surface area (Å²) in [5.41, 5.74) is 1.76. The summed E-state index contributed by atoms with van der Waals surface area (Å²) in [6.45, 7) is 2.03. The van der Waals surface area contributed by atoms with Crippen molar-refractivity contribution in [3.05, 3.63) is 65.7 Å². The Hall–Kier alpha value is -2.33. The van der Waals surface area contributed by atoms with Crippen molar-refractivity contribution < 1.29 is 14.6 Å². The first-order valence-electron chi connectivity index (χ1n) is 6.85. The van der Waals surface area contributed by atoms with Crippen LogP contribution in [0, 0.1) is 6.92 Å². The summed E-state index contributed by atoms with van der Waals surface area (Å²) in [4.78, 5) is 11.7. The first kappa shape index (κ1) is 15.1. The van der Waals surface area contributed by atoms with Crippen molar-refractivity contribution in [2.24, 2.45) is 0 Å². The second-order valence-corrected chi connectivity index (χ2v) is 4.78. The maximum Gasteiger partial charge on any atom is 0.258 e. The van der Waals surface area contributed by atoms with E-state index in [0.717, 1.165) is 11.1 Å². The first-order chi connectivity index (χ1) is 10.2. The van der Waals surface area contributed by atoms with Gasteiger partial charge in [0.2, 0.25) is 0 Å². The second-order valence-electron chi connectivity index (χ2n) is 4.78. The van der Waals surface area contributed by atoms with Crippen molar-refractivity contribution in [2.45, 2.75) is 13.0 Å². The molecule has 0 aliphatic heterocycles. The molecule has 2 rings (SSSR count). The Bertz CT molecular complexity index is 584. The number of carbonyl (C=O) groups excluding carboxylic acids is 1. The van der Waals surface area contributed by atoms with E-state index in [1.165, 1.54) is 0 Å². The van der Waals surface area contributed by atoms with Gasteiger partial charge >= 0.3 is 0 Å². The van der Waals surface area contributed by atoms with E-state index in [9.17, 15) is 9.90 Å². The summed E-state index contributed by atoms with van der Waals surface area (Å²) in [5.74, 6) is 0.435. The van der Waals surface area contributed by atoms with E-state index >= 15 is 0 Å². The molecule has 0 radical (unpaired) electrons. The van der Waals surface area contributed by atoms with Crippen LogP contribution in [0.25, 0.3) is 0 Å². The number of hydrogen-bond donors (Lipinski definition) is 2. The van der Waals surface area contributed by atoms with Gasteiger partial charge in [0.1, 0.15) is 5.75 Å². The van der Waals surface area contributed by atoms with E-state index in [1.54, 1.807) is 0 Å². The molecule has 0 aliphatic rings. The van der Waals surface area contributed by atoms with Crippen LogP contribution in [0.5, 0.6) is 5.75 Å². The lowest BCUT2D eigenvalue weighted by Gasteiger charge is -2.13. The van der Waals surface area contributed by atoms with Crippen LogP contribution in [0.4, 0.5) is 0 Å². The Morgan fingerprint density at radius 1 is 1.14 bits per heavy atom. The van der Waals surface area contributed by atoms with Crippen LogP contribution in [0.15, 0.2) is 54.6 Å². The Labute approximate surface area is 124 Å². The predicted octanol–water partition coefficient (Wildman–Crippen LogP) is 2.22. The summed E-state index contributed by atoms with van der Waals surface area (Å²) in [6, 6.07) is 16.7. The fourth-order valence-corrected chi connectivity index (χ4v) is 1.92. The van der Waals surface area contributed by atoms with Gasteiger partial charge in [-0.25, -0.2) is 0 Å². The maximum atomic E-state index is 11.7. The normalized spacial score (nSPS) is 11.7. The SMILES string of the molecule is Cc1ccccc1OCC(=O)NCC(O)c1ccccc1. The van der Waals surface area contributed by atoms with E-state index in [-0.39, 0.29) is 19.1 Å². The third-order valence-electron chi connectivity index (χ3n) is 3.13. The highest BCUT2D eigenvalue weighted by Crippen LogP contribution is 2.15. The topological polar surface area (TPSA) is 58.6 Å². The van der Waals surface area contributed by atoms with Gasteiger partial charge in [-0.15, -0.1) is 0 Å². The van der Waals surface area contributed by atoms with Gasteiger partial charge in [0, 0.05) is 6.54 Å². The number of para-hydroxylation sites is 1. The molecule has 21 heavy (non-hydrogen) atoms. The summed E-state index contributed by atoms with van der Waals surface area (Å²) < 4.78 is 5.44. The Balaban J connectivity index is 1.76. The lowest BCUT2D eigenvalue weighted by atomic mass is 10.1. The number of carbonyl (C=O) groups is 1. The summed E-state index contributed by atoms with van der Waals surface area (Å²) in [6.07, 6.45) is -0.714. The molecule has 0 saturated heterocycles. The molecule has 0 fully saturated rings. The minimum Gasteiger partial charge on any atom is -0.484 e. The molecule has 0 aromatic heterocycles. The van der Waals surface area contributed by atoms with E-state index in [4.69, 9.17) is 4.74 Å². The first-order valence-corrected chi connectivity index (χ1v) is 6.85. The van der Waals surface area contributed by atoms with Crippen LogP contribution in [0.2, 0.25) is 0 Å². The van der Waals surface area contributed by atoms with Crippen LogP contribution >= 0.6 is 0 Å². The lowest BCUT2D eigenvalue weighted by Crippen LogP contribution is -2.32. The number of rotatable bonds is 6. The van der Waals surface area contributed by atoms with Crippen LogP contribution in [0.3, 0.4) is 0 Å². The van der Waals surface area contributed by atoms with Gasteiger partial charge in [0.15, 0.2) is 6.61 Å². The highest BCUT2D eigenvalue weighted by Gasteiger charge is 2.09. The third kappa shape index (κ3) is 4.61. The molecular formula is C17H19NO3. The van der Waals surface area contributed by atoms with Crippen LogP contribution < -0.4 is 10.1 Å². The zero-order valence-electron chi connectivity index (χ0n) is 12.0. The van der Waals surface area contributed by atoms with Crippen molar-refractivity contribution in [3.8, 4) is 5.75 Å². The number of hydrogen-bond acceptors (Lipinski definition) is 3. The number of amides is 1. The number of ether oxygens (including phenoxy) is 1. The molecule has 110 valence electrons. The van der Waals surface area contributed by atoms with Gasteiger partial charge in [-0.2, -0.15) is 0 Å². The average molecular weight is 285 g/mol. The molecule has 2 N–H and O–H groups in total. The van der Waals surface area contributed by atoms with E-state index in [2.05, 4.69) is 5.32 Å². The smallest absolute Gasteiger partial charge is 0.258 e. The number of aliphatic hydroxyl groups is 1. The fourth-order valence-electron chi connectivity index (χ4n) is 1.92. The molecule has 1 unspecified atom stereocenters. The highest BCUT2D eigenvalue weighted by atomic mass is 16.5. The molecule has 4 nitrogen and oxygen atoms in total. The van der Waals surface area contributed by atoms with Crippen molar-refractivity contribution in [2.75, 3.05) is 13.2 Å². The molecule has 1 amide bonds. The molecule has 2 aromatic rings. The van der Waals surface area contributed by atoms with Gasteiger partial charge in [-0.3, -0.25) is 4.79 Å². The van der Waals surface area contributed by atoms with Gasteiger partial charge in [-0.1, -0.05) is 48.5 Å². The van der Waals surface area contributed by atoms with Gasteiger partial charge in [0.05, 0.1) is 6.10 Å². The van der Waals surface area contributed by atoms with Crippen LogP contribution in [-0.4, -0.2) is 24.2 Å². The number of benzene rings is 2. The van der Waals surface area contributed by atoms with Crippen LogP contribution in [-0.2, 0) is 4.79 Å². The summed E-state index contributed by atoms with van der Waals surface area (Å²) in [7, 11) is 0. The molecule has 4 heteroatoms. The fraction of sp³-hybridized carbons (Fsp3) is 0.235. The van der Waals surface area contributed by atoms with Crippen LogP contribution in [0.1, 0.15) is 17.2 Å². The minimum absolute atomic E-state index is 0.0631. The Kier molecular flexibility index (Phi) is 5.35. The summed E-state index contributed by atoms with van der Waals surface area (Å²) in [5, 5.41) is 12.6. The zero-order chi connectivity index (χ0) is 15.1. The lowest BCUT2D eigenvalue weighted by molar-refractivity contribution is -0.123. The van der Waals surface area contributed by atoms with Crippen molar-refractivity contribution in [1.29, 1.82) is 0 Å². The van der Waals surface area contributed by atoms with Crippen molar-refractivity contribution in [1.82, 2.24) is 5.32 Å². The second kappa shape index (κ2) is 7.45. The van der Waals surface area contributed by atoms with Crippen molar-refractivity contribution in [3.63, 3.8) is 0 Å². The molecule has 0 bridgehead atoms. The average Bonchev–Trinajstić information content (AvgIpc) is 2.52. The molecule has 0 aliphatic carbocycles. The van der Waals surface area contributed by atoms with Gasteiger partial charge < -0.3 is 15.2 Å². The van der Waals surface area contributed by atoms with E-state index < -0.39 is 6.10 Å². The number of aliphatic hydroxyl groups excluding tert-OH is 1. The van der Waals surface area contributed by atoms with Gasteiger partial charge in [-0.05, 0) is 24.1 Å². The monoisotopic (exact) mass is 285 g/mol. The highest BCUT2D eigenvalue weighted by molar-refractivity contribution is 5.77. The molecule has 2 aromatic carbocycles. The Morgan fingerprint density at radius 2 is 1.81 bits per heavy atom. The summed E-state index contributed by atoms with van der Waals surface area (Å²) >= 11 is 0. The minimum atomic E-state index is -0.714. The molecule has 0 spiro atoms. The Morgan fingerprint density at radius 3 is 2.52 bits per heavy atom. The standard InChI is InChI=1S/C17H19NO3/c1-13-7-5-6-10-16(13)21-12-17(20)18-11-15(19)14-8-3-2-4-9-14/h2-10,15,19H,11-12H2,1H3,(H,18,20). The quantitative estimate of drug-likeness (QED) is 0.855. The number of nitrogens with one attached hydrogen (secondary N) is 1. The number of aryl methyl sites for hydroxylation is 1. The van der Waals surface area contributed by atoms with E-state index in [0.29, 0.717) is 5.75 Å². The maximum absolute atomic E-state index is 11.7. The van der Waals surface area contributed by atoms with Gasteiger partial charge in [0.25, 0.3) is 5.91 Å².